The molecule has 0 bridgehead atoms. The number of anilines is 1. The molecule has 1 heterocycles. The van der Waals surface area contributed by atoms with E-state index in [9.17, 15) is 10.1 Å². The van der Waals surface area contributed by atoms with Crippen LogP contribution >= 0.6 is 0 Å². The van der Waals surface area contributed by atoms with E-state index < -0.39 is 4.92 Å². The maximum atomic E-state index is 11.0. The molecule has 2 aromatic rings. The van der Waals surface area contributed by atoms with Gasteiger partial charge in [0.1, 0.15) is 19.3 Å². The number of hydrogen-bond acceptors (Lipinski definition) is 5. The largest absolute Gasteiger partial charge is 0.484 e. The molecule has 7 nitrogen and oxygen atoms in total. The summed E-state index contributed by atoms with van der Waals surface area (Å²) in [5.41, 5.74) is 2.21. The predicted molar refractivity (Wildman–Crippen MR) is 93.8 cm³/mol. The monoisotopic (exact) mass is 344 g/mol. The Hall–Kier alpha value is -2.64. The van der Waals surface area contributed by atoms with E-state index >= 15 is 0 Å². The van der Waals surface area contributed by atoms with Crippen LogP contribution < -0.4 is 15.0 Å². The molecular formula is C18H22N3O4+. The highest BCUT2D eigenvalue weighted by Gasteiger charge is 2.31. The van der Waals surface area contributed by atoms with E-state index in [1.54, 1.807) is 18.2 Å². The molecule has 0 amide bonds. The zero-order valence-electron chi connectivity index (χ0n) is 14.3. The van der Waals surface area contributed by atoms with Gasteiger partial charge >= 0.3 is 5.69 Å². The van der Waals surface area contributed by atoms with Crippen molar-refractivity contribution in [3.05, 3.63) is 64.2 Å². The van der Waals surface area contributed by atoms with Crippen molar-refractivity contribution in [1.29, 1.82) is 0 Å². The molecule has 0 unspecified atom stereocenters. The first-order valence-electron chi connectivity index (χ1n) is 8.17. The number of ether oxygens (including phenoxy) is 2. The molecule has 0 saturated carbocycles. The number of nitro benzene ring substituents is 1. The fraction of sp³-hybridized carbons (Fsp3) is 0.333. The van der Waals surface area contributed by atoms with Crippen LogP contribution in [-0.2, 0) is 4.74 Å². The molecule has 2 atom stereocenters. The summed E-state index contributed by atoms with van der Waals surface area (Å²) in [6.07, 6.45) is -0.186. The highest BCUT2D eigenvalue weighted by atomic mass is 16.6. The van der Waals surface area contributed by atoms with E-state index in [0.29, 0.717) is 0 Å². The van der Waals surface area contributed by atoms with Gasteiger partial charge in [-0.25, -0.2) is 0 Å². The summed E-state index contributed by atoms with van der Waals surface area (Å²) in [7, 11) is 4.01. The van der Waals surface area contributed by atoms with E-state index in [1.807, 2.05) is 19.0 Å². The van der Waals surface area contributed by atoms with Crippen LogP contribution in [0.25, 0.3) is 0 Å². The fourth-order valence-corrected chi connectivity index (χ4v) is 2.79. The second kappa shape index (κ2) is 7.50. The Morgan fingerprint density at radius 3 is 2.64 bits per heavy atom. The molecule has 1 aliphatic heterocycles. The molecular weight excluding hydrogens is 322 g/mol. The molecule has 7 heteroatoms. The van der Waals surface area contributed by atoms with Gasteiger partial charge in [-0.3, -0.25) is 10.1 Å². The van der Waals surface area contributed by atoms with Crippen molar-refractivity contribution in [2.45, 2.75) is 12.3 Å². The van der Waals surface area contributed by atoms with Gasteiger partial charge in [0, 0.05) is 31.4 Å². The van der Waals surface area contributed by atoms with Crippen molar-refractivity contribution < 1.29 is 19.7 Å². The number of nitrogens with zero attached hydrogens (tertiary/aromatic N) is 2. The third-order valence-corrected chi connectivity index (χ3v) is 4.18. The van der Waals surface area contributed by atoms with Gasteiger partial charge in [0.25, 0.3) is 0 Å². The lowest BCUT2D eigenvalue weighted by molar-refractivity contribution is -0.697. The zero-order chi connectivity index (χ0) is 17.8. The summed E-state index contributed by atoms with van der Waals surface area (Å²) in [6.45, 7) is 1.04. The lowest BCUT2D eigenvalue weighted by Crippen LogP contribution is -2.82. The van der Waals surface area contributed by atoms with E-state index in [-0.39, 0.29) is 30.4 Å². The van der Waals surface area contributed by atoms with Crippen molar-refractivity contribution in [1.82, 2.24) is 0 Å². The van der Waals surface area contributed by atoms with Gasteiger partial charge in [0.2, 0.25) is 6.23 Å². The number of nitro groups is 1. The van der Waals surface area contributed by atoms with Gasteiger partial charge in [-0.1, -0.05) is 12.1 Å². The lowest BCUT2D eigenvalue weighted by atomic mass is 10.2. The molecule has 1 saturated heterocycles. The molecule has 0 spiro atoms. The number of para-hydroxylation sites is 2. The Balaban J connectivity index is 1.57. The minimum Gasteiger partial charge on any atom is -0.484 e. The Kier molecular flexibility index (Phi) is 5.16. The number of hydrogen-bond donors (Lipinski definition) is 1. The summed E-state index contributed by atoms with van der Waals surface area (Å²) in [5.74, 6) is 0.273. The van der Waals surface area contributed by atoms with Crippen LogP contribution in [-0.4, -0.2) is 38.3 Å². The summed E-state index contributed by atoms with van der Waals surface area (Å²) >= 11 is 0. The van der Waals surface area contributed by atoms with E-state index in [0.717, 1.165) is 17.8 Å². The average Bonchev–Trinajstić information content (AvgIpc) is 3.09. The van der Waals surface area contributed by atoms with E-state index in [1.165, 1.54) is 6.07 Å². The third-order valence-electron chi connectivity index (χ3n) is 4.18. The average molecular weight is 344 g/mol. The molecule has 0 aliphatic carbocycles. The minimum absolute atomic E-state index is 0.0275. The van der Waals surface area contributed by atoms with Crippen molar-refractivity contribution >= 4 is 11.4 Å². The van der Waals surface area contributed by atoms with Crippen LogP contribution in [0.2, 0.25) is 0 Å². The highest BCUT2D eigenvalue weighted by molar-refractivity contribution is 5.46. The molecule has 0 radical (unpaired) electrons. The first kappa shape index (κ1) is 17.2. The Bertz CT molecular complexity index is 733. The third kappa shape index (κ3) is 4.07. The summed E-state index contributed by atoms with van der Waals surface area (Å²) in [5, 5.41) is 13.1. The van der Waals surface area contributed by atoms with Gasteiger partial charge in [-0.15, -0.1) is 0 Å². The van der Waals surface area contributed by atoms with E-state index in [4.69, 9.17) is 9.47 Å². The van der Waals surface area contributed by atoms with Gasteiger partial charge < -0.3 is 19.7 Å². The quantitative estimate of drug-likeness (QED) is 0.637. The second-order valence-corrected chi connectivity index (χ2v) is 6.17. The highest BCUT2D eigenvalue weighted by Crippen LogP contribution is 2.26. The van der Waals surface area contributed by atoms with Gasteiger partial charge in [0.15, 0.2) is 5.75 Å². The first-order valence-corrected chi connectivity index (χ1v) is 8.17. The Morgan fingerprint density at radius 2 is 1.96 bits per heavy atom. The van der Waals surface area contributed by atoms with Crippen LogP contribution in [0.4, 0.5) is 11.4 Å². The molecule has 2 N–H and O–H groups in total. The fourth-order valence-electron chi connectivity index (χ4n) is 2.79. The number of rotatable bonds is 6. The zero-order valence-corrected chi connectivity index (χ0v) is 14.3. The maximum absolute atomic E-state index is 11.0. The van der Waals surface area contributed by atoms with Crippen molar-refractivity contribution in [3.63, 3.8) is 0 Å². The molecule has 1 aliphatic rings. The van der Waals surface area contributed by atoms with Crippen LogP contribution in [0.5, 0.6) is 5.75 Å². The topological polar surface area (TPSA) is 81.5 Å². The van der Waals surface area contributed by atoms with Crippen molar-refractivity contribution in [3.8, 4) is 5.75 Å². The molecule has 2 aromatic carbocycles. The smallest absolute Gasteiger partial charge is 0.310 e. The van der Waals surface area contributed by atoms with Crippen molar-refractivity contribution in [2.24, 2.45) is 0 Å². The molecule has 0 aromatic heterocycles. The molecule has 1 fully saturated rings. The van der Waals surface area contributed by atoms with Crippen LogP contribution in [0.15, 0.2) is 48.5 Å². The van der Waals surface area contributed by atoms with Crippen LogP contribution in [0.3, 0.4) is 0 Å². The number of benzene rings is 2. The van der Waals surface area contributed by atoms with E-state index in [2.05, 4.69) is 29.6 Å². The normalized spacial score (nSPS) is 19.6. The Labute approximate surface area is 146 Å². The SMILES string of the molecule is CN(C)c1ccc([C@@H]2[NH2+]C[C@@H](COc3ccccc3[N+](=O)[O-])O2)cc1. The second-order valence-electron chi connectivity index (χ2n) is 6.17. The van der Waals surface area contributed by atoms with Gasteiger partial charge in [0.05, 0.1) is 4.92 Å². The van der Waals surface area contributed by atoms with Gasteiger partial charge in [-0.05, 0) is 30.3 Å². The maximum Gasteiger partial charge on any atom is 0.310 e. The number of nitrogens with two attached hydrogens (primary N) is 1. The number of quaternary nitrogens is 1. The van der Waals surface area contributed by atoms with Crippen molar-refractivity contribution in [2.75, 3.05) is 32.1 Å². The minimum atomic E-state index is -0.438. The molecule has 132 valence electrons. The standard InChI is InChI=1S/C18H21N3O4/c1-20(2)14-9-7-13(8-10-14)18-19-11-15(25-18)12-24-17-6-4-3-5-16(17)21(22)23/h3-10,15,18-19H,11-12H2,1-2H3/p+1/t15-,18+/m0/s1. The molecule has 25 heavy (non-hydrogen) atoms. The summed E-state index contributed by atoms with van der Waals surface area (Å²) in [6, 6.07) is 14.6. The summed E-state index contributed by atoms with van der Waals surface area (Å²) < 4.78 is 11.6. The van der Waals surface area contributed by atoms with Crippen LogP contribution in [0.1, 0.15) is 11.8 Å². The summed E-state index contributed by atoms with van der Waals surface area (Å²) in [4.78, 5) is 12.6. The predicted octanol–water partition coefficient (Wildman–Crippen LogP) is 1.70. The Morgan fingerprint density at radius 1 is 1.24 bits per heavy atom. The van der Waals surface area contributed by atoms with Gasteiger partial charge in [-0.2, -0.15) is 0 Å². The van der Waals surface area contributed by atoms with Crippen LogP contribution in [0, 0.1) is 10.1 Å². The molecule has 3 rings (SSSR count). The lowest BCUT2D eigenvalue weighted by Gasteiger charge is -2.14. The first-order chi connectivity index (χ1) is 12.0.